The van der Waals surface area contributed by atoms with Gasteiger partial charge in [-0.05, 0) is 25.1 Å². The number of ether oxygens (including phenoxy) is 2. The van der Waals surface area contributed by atoms with Gasteiger partial charge in [-0.25, -0.2) is 4.98 Å². The highest BCUT2D eigenvalue weighted by Gasteiger charge is 2.12. The van der Waals surface area contributed by atoms with Crippen LogP contribution in [0.5, 0.6) is 5.75 Å². The highest BCUT2D eigenvalue weighted by Crippen LogP contribution is 2.22. The lowest BCUT2D eigenvalue weighted by atomic mass is 10.3. The molecule has 0 saturated carbocycles. The second-order valence-electron chi connectivity index (χ2n) is 6.42. The van der Waals surface area contributed by atoms with Crippen molar-refractivity contribution in [1.82, 2.24) is 9.55 Å². The molecular formula is C16H23N3O2Si. The summed E-state index contributed by atoms with van der Waals surface area (Å²) in [5.74, 6) is 1.17. The lowest BCUT2D eigenvalue weighted by molar-refractivity contribution is 0.0221. The smallest absolute Gasteiger partial charge is 0.213 e. The van der Waals surface area contributed by atoms with Crippen LogP contribution in [0.15, 0.2) is 18.2 Å². The van der Waals surface area contributed by atoms with Gasteiger partial charge in [0.15, 0.2) is 6.79 Å². The molecule has 2 aromatic rings. The molecular weight excluding hydrogens is 294 g/mol. The molecule has 1 heterocycles. The van der Waals surface area contributed by atoms with Crippen molar-refractivity contribution < 1.29 is 9.47 Å². The van der Waals surface area contributed by atoms with Gasteiger partial charge in [-0.3, -0.25) is 0 Å². The Balaban J connectivity index is 1.99. The fourth-order valence-corrected chi connectivity index (χ4v) is 2.90. The average Bonchev–Trinajstić information content (AvgIpc) is 2.82. The van der Waals surface area contributed by atoms with Crippen LogP contribution in [0.3, 0.4) is 0 Å². The summed E-state index contributed by atoms with van der Waals surface area (Å²) in [7, 11) is -1.06. The third kappa shape index (κ3) is 4.09. The second-order valence-corrected chi connectivity index (χ2v) is 12.0. The molecule has 0 atom stereocenters. The second kappa shape index (κ2) is 6.94. The van der Waals surface area contributed by atoms with Gasteiger partial charge >= 0.3 is 0 Å². The van der Waals surface area contributed by atoms with E-state index < -0.39 is 8.07 Å². The van der Waals surface area contributed by atoms with Gasteiger partial charge < -0.3 is 14.0 Å². The van der Waals surface area contributed by atoms with E-state index in [0.29, 0.717) is 12.4 Å². The predicted molar refractivity (Wildman–Crippen MR) is 89.7 cm³/mol. The molecule has 0 aliphatic rings. The van der Waals surface area contributed by atoms with Gasteiger partial charge in [0.05, 0.1) is 11.0 Å². The summed E-state index contributed by atoms with van der Waals surface area (Å²) < 4.78 is 13.1. The van der Waals surface area contributed by atoms with E-state index >= 15 is 0 Å². The van der Waals surface area contributed by atoms with Crippen molar-refractivity contribution in [1.29, 1.82) is 5.26 Å². The number of aromatic nitrogens is 2. The van der Waals surface area contributed by atoms with Crippen molar-refractivity contribution in [3.63, 3.8) is 0 Å². The van der Waals surface area contributed by atoms with Gasteiger partial charge in [-0.15, -0.1) is 0 Å². The van der Waals surface area contributed by atoms with Gasteiger partial charge in [-0.1, -0.05) is 19.6 Å². The molecule has 0 aliphatic heterocycles. The van der Waals surface area contributed by atoms with E-state index in [1.807, 2.05) is 29.7 Å². The highest BCUT2D eigenvalue weighted by atomic mass is 28.3. The molecule has 0 fully saturated rings. The molecule has 22 heavy (non-hydrogen) atoms. The Morgan fingerprint density at radius 3 is 2.73 bits per heavy atom. The Hall–Kier alpha value is -1.84. The van der Waals surface area contributed by atoms with Crippen LogP contribution in [-0.2, 0) is 11.3 Å². The maximum absolute atomic E-state index is 9.10. The van der Waals surface area contributed by atoms with Crippen molar-refractivity contribution in [3.8, 4) is 11.8 Å². The summed E-state index contributed by atoms with van der Waals surface area (Å²) in [5.41, 5.74) is 1.73. The van der Waals surface area contributed by atoms with Gasteiger partial charge in [0.2, 0.25) is 5.82 Å². The maximum atomic E-state index is 9.10. The third-order valence-corrected chi connectivity index (χ3v) is 5.15. The zero-order valence-electron chi connectivity index (χ0n) is 13.7. The Morgan fingerprint density at radius 2 is 2.09 bits per heavy atom. The molecule has 6 heteroatoms. The van der Waals surface area contributed by atoms with E-state index in [-0.39, 0.29) is 6.79 Å². The molecule has 0 spiro atoms. The van der Waals surface area contributed by atoms with Crippen LogP contribution >= 0.6 is 0 Å². The standard InChI is InChI=1S/C16H23N3O2Si/c1-5-19-15-10-13(6-7-14(15)18-16(19)11-17)21-12-20-8-9-22(2,3)4/h6-7,10H,5,8-9,12H2,1-4H3. The summed E-state index contributed by atoms with van der Waals surface area (Å²) in [6, 6.07) is 8.89. The van der Waals surface area contributed by atoms with Crippen LogP contribution in [0.4, 0.5) is 0 Å². The Bertz CT molecular complexity index is 683. The lowest BCUT2D eigenvalue weighted by Crippen LogP contribution is -2.22. The number of hydrogen-bond donors (Lipinski definition) is 0. The first-order valence-electron chi connectivity index (χ1n) is 7.55. The van der Waals surface area contributed by atoms with E-state index in [2.05, 4.69) is 30.7 Å². The first kappa shape index (κ1) is 16.5. The van der Waals surface area contributed by atoms with Crippen LogP contribution in [0.25, 0.3) is 11.0 Å². The summed E-state index contributed by atoms with van der Waals surface area (Å²) in [6.07, 6.45) is 0. The number of fused-ring (bicyclic) bond motifs is 1. The molecule has 0 radical (unpaired) electrons. The molecule has 0 unspecified atom stereocenters. The molecule has 0 amide bonds. The van der Waals surface area contributed by atoms with Crippen LogP contribution in [0.2, 0.25) is 25.7 Å². The van der Waals surface area contributed by atoms with Crippen molar-refractivity contribution in [2.24, 2.45) is 0 Å². The van der Waals surface area contributed by atoms with Crippen molar-refractivity contribution in [2.45, 2.75) is 39.2 Å². The molecule has 0 aliphatic carbocycles. The predicted octanol–water partition coefficient (Wildman–Crippen LogP) is 3.62. The number of hydrogen-bond acceptors (Lipinski definition) is 4. The van der Waals surface area contributed by atoms with E-state index in [4.69, 9.17) is 14.7 Å². The quantitative estimate of drug-likeness (QED) is 0.444. The maximum Gasteiger partial charge on any atom is 0.213 e. The summed E-state index contributed by atoms with van der Waals surface area (Å²) >= 11 is 0. The molecule has 1 aromatic heterocycles. The minimum Gasteiger partial charge on any atom is -0.467 e. The Morgan fingerprint density at radius 1 is 1.32 bits per heavy atom. The summed E-state index contributed by atoms with van der Waals surface area (Å²) in [5, 5.41) is 9.10. The van der Waals surface area contributed by atoms with Crippen LogP contribution in [-0.4, -0.2) is 31.0 Å². The molecule has 2 rings (SSSR count). The fourth-order valence-electron chi connectivity index (χ4n) is 2.14. The number of aryl methyl sites for hydroxylation is 1. The zero-order valence-corrected chi connectivity index (χ0v) is 14.7. The first-order valence-corrected chi connectivity index (χ1v) is 11.3. The number of rotatable bonds is 7. The number of nitriles is 1. The fraction of sp³-hybridized carbons (Fsp3) is 0.500. The van der Waals surface area contributed by atoms with E-state index in [1.54, 1.807) is 0 Å². The minimum atomic E-state index is -1.06. The monoisotopic (exact) mass is 317 g/mol. The molecule has 0 bridgehead atoms. The number of nitrogens with zero attached hydrogens (tertiary/aromatic N) is 3. The summed E-state index contributed by atoms with van der Waals surface area (Å²) in [6.45, 7) is 10.7. The zero-order chi connectivity index (χ0) is 16.2. The Labute approximate surface area is 132 Å². The molecule has 1 aromatic carbocycles. The Kier molecular flexibility index (Phi) is 5.22. The topological polar surface area (TPSA) is 60.1 Å². The van der Waals surface area contributed by atoms with Crippen molar-refractivity contribution >= 4 is 19.1 Å². The van der Waals surface area contributed by atoms with Gasteiger partial charge in [0.25, 0.3) is 0 Å². The van der Waals surface area contributed by atoms with Crippen LogP contribution < -0.4 is 4.74 Å². The van der Waals surface area contributed by atoms with E-state index in [0.717, 1.165) is 29.4 Å². The summed E-state index contributed by atoms with van der Waals surface area (Å²) in [4.78, 5) is 4.30. The highest BCUT2D eigenvalue weighted by molar-refractivity contribution is 6.76. The van der Waals surface area contributed by atoms with Gasteiger partial charge in [-0.2, -0.15) is 5.26 Å². The van der Waals surface area contributed by atoms with E-state index in [9.17, 15) is 0 Å². The van der Waals surface area contributed by atoms with Gasteiger partial charge in [0.1, 0.15) is 11.8 Å². The van der Waals surface area contributed by atoms with Crippen LogP contribution in [0.1, 0.15) is 12.7 Å². The molecule has 0 N–H and O–H groups in total. The van der Waals surface area contributed by atoms with E-state index in [1.165, 1.54) is 0 Å². The number of benzene rings is 1. The first-order chi connectivity index (χ1) is 10.4. The normalized spacial score (nSPS) is 11.6. The number of imidazole rings is 1. The molecule has 5 nitrogen and oxygen atoms in total. The average molecular weight is 317 g/mol. The largest absolute Gasteiger partial charge is 0.467 e. The van der Waals surface area contributed by atoms with Gasteiger partial charge in [0, 0.05) is 27.3 Å². The van der Waals surface area contributed by atoms with Crippen LogP contribution in [0, 0.1) is 11.3 Å². The lowest BCUT2D eigenvalue weighted by Gasteiger charge is -2.15. The molecule has 0 saturated heterocycles. The minimum absolute atomic E-state index is 0.251. The van der Waals surface area contributed by atoms with Crippen molar-refractivity contribution in [3.05, 3.63) is 24.0 Å². The third-order valence-electron chi connectivity index (χ3n) is 3.44. The molecule has 118 valence electrons. The van der Waals surface area contributed by atoms with Crippen molar-refractivity contribution in [2.75, 3.05) is 13.4 Å². The SMILES string of the molecule is CCn1c(C#N)nc2ccc(OCOCC[Si](C)(C)C)cc21.